The van der Waals surface area contributed by atoms with Crippen molar-refractivity contribution < 1.29 is 4.79 Å². The van der Waals surface area contributed by atoms with Gasteiger partial charge in [-0.15, -0.1) is 0 Å². The molecule has 4 aliphatic rings. The molecule has 4 rings (SSSR count). The van der Waals surface area contributed by atoms with Crippen LogP contribution >= 0.6 is 0 Å². The smallest absolute Gasteiger partial charge is 0.156 e. The molecular formula is C19H24O. The van der Waals surface area contributed by atoms with E-state index in [0.29, 0.717) is 17.1 Å². The Bertz CT molecular complexity index is 577. The molecule has 4 aliphatic carbocycles. The van der Waals surface area contributed by atoms with Crippen LogP contribution in [0.25, 0.3) is 0 Å². The SMILES string of the molecule is C[C@@]12CCCC1=C1C=CC3=CC(=O)CC[C@]3(C)[C@H]1CC2. The minimum Gasteiger partial charge on any atom is -0.295 e. The van der Waals surface area contributed by atoms with Gasteiger partial charge in [0.2, 0.25) is 0 Å². The Morgan fingerprint density at radius 1 is 1.10 bits per heavy atom. The number of ketones is 1. The van der Waals surface area contributed by atoms with Crippen molar-refractivity contribution in [3.8, 4) is 0 Å². The Balaban J connectivity index is 1.88. The molecule has 0 aromatic heterocycles. The molecule has 0 N–H and O–H groups in total. The van der Waals surface area contributed by atoms with E-state index in [2.05, 4.69) is 26.0 Å². The number of hydrogen-bond donors (Lipinski definition) is 0. The molecule has 20 heavy (non-hydrogen) atoms. The summed E-state index contributed by atoms with van der Waals surface area (Å²) in [6, 6.07) is 0. The standard InChI is InChI=1S/C19H24O/c1-18-9-3-4-16(18)15-6-5-13-12-14(20)7-11-19(13,2)17(15)8-10-18/h5-6,12,17H,3-4,7-11H2,1-2H3/t17-,18-,19-/m0/s1. The van der Waals surface area contributed by atoms with Gasteiger partial charge in [-0.3, -0.25) is 4.79 Å². The largest absolute Gasteiger partial charge is 0.295 e. The van der Waals surface area contributed by atoms with Gasteiger partial charge in [0.05, 0.1) is 0 Å². The molecule has 0 aromatic rings. The normalized spacial score (nSPS) is 43.0. The molecule has 0 spiro atoms. The highest BCUT2D eigenvalue weighted by Gasteiger charge is 2.49. The number of fused-ring (bicyclic) bond motifs is 4. The first-order valence-electron chi connectivity index (χ1n) is 8.20. The van der Waals surface area contributed by atoms with Crippen LogP contribution in [0, 0.1) is 16.7 Å². The van der Waals surface area contributed by atoms with Crippen LogP contribution in [0.5, 0.6) is 0 Å². The van der Waals surface area contributed by atoms with E-state index in [1.54, 1.807) is 11.1 Å². The van der Waals surface area contributed by atoms with E-state index < -0.39 is 0 Å². The van der Waals surface area contributed by atoms with Gasteiger partial charge in [-0.1, -0.05) is 31.6 Å². The van der Waals surface area contributed by atoms with E-state index in [-0.39, 0.29) is 5.41 Å². The molecule has 0 heterocycles. The molecule has 1 heteroatoms. The minimum absolute atomic E-state index is 0.217. The van der Waals surface area contributed by atoms with Crippen LogP contribution in [0.4, 0.5) is 0 Å². The summed E-state index contributed by atoms with van der Waals surface area (Å²) in [5.74, 6) is 0.979. The van der Waals surface area contributed by atoms with E-state index in [4.69, 9.17) is 0 Å². The molecule has 1 fully saturated rings. The van der Waals surface area contributed by atoms with Gasteiger partial charge in [-0.25, -0.2) is 0 Å². The van der Waals surface area contributed by atoms with Crippen molar-refractivity contribution in [2.75, 3.05) is 0 Å². The van der Waals surface area contributed by atoms with Crippen LogP contribution < -0.4 is 0 Å². The predicted molar refractivity (Wildman–Crippen MR) is 81.3 cm³/mol. The highest BCUT2D eigenvalue weighted by Crippen LogP contribution is 2.60. The third kappa shape index (κ3) is 1.52. The van der Waals surface area contributed by atoms with E-state index in [1.165, 1.54) is 37.7 Å². The quantitative estimate of drug-likeness (QED) is 0.619. The second-order valence-corrected chi connectivity index (χ2v) is 7.76. The van der Waals surface area contributed by atoms with Gasteiger partial charge in [-0.2, -0.15) is 0 Å². The van der Waals surface area contributed by atoms with Crippen molar-refractivity contribution in [3.63, 3.8) is 0 Å². The molecular weight excluding hydrogens is 244 g/mol. The number of carbonyl (C=O) groups is 1. The summed E-state index contributed by atoms with van der Waals surface area (Å²) < 4.78 is 0. The van der Waals surface area contributed by atoms with Crippen LogP contribution in [-0.2, 0) is 4.79 Å². The van der Waals surface area contributed by atoms with Gasteiger partial charge in [0, 0.05) is 6.42 Å². The van der Waals surface area contributed by atoms with E-state index >= 15 is 0 Å². The lowest BCUT2D eigenvalue weighted by molar-refractivity contribution is -0.115. The Kier molecular flexibility index (Phi) is 2.50. The highest BCUT2D eigenvalue weighted by molar-refractivity contribution is 5.92. The van der Waals surface area contributed by atoms with E-state index in [0.717, 1.165) is 12.8 Å². The lowest BCUT2D eigenvalue weighted by Gasteiger charge is -2.49. The van der Waals surface area contributed by atoms with Crippen molar-refractivity contribution in [1.29, 1.82) is 0 Å². The Labute approximate surface area is 121 Å². The first-order chi connectivity index (χ1) is 9.53. The number of carbonyl (C=O) groups excluding carboxylic acids is 1. The van der Waals surface area contributed by atoms with Crippen LogP contribution in [0.1, 0.15) is 58.8 Å². The summed E-state index contributed by atoms with van der Waals surface area (Å²) in [5, 5.41) is 0. The molecule has 0 saturated heterocycles. The fraction of sp³-hybridized carbons (Fsp3) is 0.632. The summed E-state index contributed by atoms with van der Waals surface area (Å²) in [7, 11) is 0. The summed E-state index contributed by atoms with van der Waals surface area (Å²) in [6.45, 7) is 4.88. The average molecular weight is 268 g/mol. The maximum Gasteiger partial charge on any atom is 0.156 e. The van der Waals surface area contributed by atoms with Gasteiger partial charge < -0.3 is 0 Å². The third-order valence-electron chi connectivity index (χ3n) is 6.67. The molecule has 0 aromatic carbocycles. The maximum absolute atomic E-state index is 11.7. The molecule has 0 unspecified atom stereocenters. The van der Waals surface area contributed by atoms with Crippen LogP contribution in [0.2, 0.25) is 0 Å². The first kappa shape index (κ1) is 12.6. The molecule has 1 saturated carbocycles. The third-order valence-corrected chi connectivity index (χ3v) is 6.67. The molecule has 106 valence electrons. The minimum atomic E-state index is 0.217. The van der Waals surface area contributed by atoms with E-state index in [1.807, 2.05) is 6.08 Å². The van der Waals surface area contributed by atoms with Crippen molar-refractivity contribution in [1.82, 2.24) is 0 Å². The van der Waals surface area contributed by atoms with Gasteiger partial charge in [0.15, 0.2) is 5.78 Å². The lowest BCUT2D eigenvalue weighted by atomic mass is 9.54. The Morgan fingerprint density at radius 2 is 1.95 bits per heavy atom. The number of rotatable bonds is 0. The van der Waals surface area contributed by atoms with Gasteiger partial charge in [0.25, 0.3) is 0 Å². The first-order valence-corrected chi connectivity index (χ1v) is 8.20. The topological polar surface area (TPSA) is 17.1 Å². The Hall–Kier alpha value is -1.11. The molecule has 3 atom stereocenters. The van der Waals surface area contributed by atoms with Crippen molar-refractivity contribution >= 4 is 5.78 Å². The number of hydrogen-bond acceptors (Lipinski definition) is 1. The van der Waals surface area contributed by atoms with Crippen LogP contribution in [-0.4, -0.2) is 5.78 Å². The summed E-state index contributed by atoms with van der Waals surface area (Å²) in [5.41, 5.74) is 5.39. The van der Waals surface area contributed by atoms with Gasteiger partial charge in [0.1, 0.15) is 0 Å². The summed E-state index contributed by atoms with van der Waals surface area (Å²) in [6.07, 6.45) is 15.0. The van der Waals surface area contributed by atoms with Crippen molar-refractivity contribution in [2.45, 2.75) is 58.8 Å². The Morgan fingerprint density at radius 3 is 2.80 bits per heavy atom. The van der Waals surface area contributed by atoms with Crippen LogP contribution in [0.3, 0.4) is 0 Å². The second-order valence-electron chi connectivity index (χ2n) is 7.76. The van der Waals surface area contributed by atoms with Gasteiger partial charge in [-0.05, 0) is 72.5 Å². The predicted octanol–water partition coefficient (Wildman–Crippen LogP) is 4.75. The lowest BCUT2D eigenvalue weighted by Crippen LogP contribution is -2.39. The monoisotopic (exact) mass is 268 g/mol. The van der Waals surface area contributed by atoms with Crippen molar-refractivity contribution in [2.24, 2.45) is 16.7 Å². The molecule has 0 aliphatic heterocycles. The fourth-order valence-electron chi connectivity index (χ4n) is 5.32. The molecule has 0 bridgehead atoms. The van der Waals surface area contributed by atoms with Crippen LogP contribution in [0.15, 0.2) is 34.9 Å². The zero-order valence-electron chi connectivity index (χ0n) is 12.7. The molecule has 1 nitrogen and oxygen atoms in total. The van der Waals surface area contributed by atoms with Crippen molar-refractivity contribution in [3.05, 3.63) is 34.9 Å². The molecule has 0 radical (unpaired) electrons. The summed E-state index contributed by atoms with van der Waals surface area (Å²) >= 11 is 0. The zero-order chi connectivity index (χ0) is 14.0. The fourth-order valence-corrected chi connectivity index (χ4v) is 5.32. The second kappa shape index (κ2) is 3.96. The zero-order valence-corrected chi connectivity index (χ0v) is 12.7. The molecule has 0 amide bonds. The highest BCUT2D eigenvalue weighted by atomic mass is 16.1. The maximum atomic E-state index is 11.7. The van der Waals surface area contributed by atoms with E-state index in [9.17, 15) is 4.79 Å². The number of allylic oxidation sites excluding steroid dienone is 6. The van der Waals surface area contributed by atoms with Gasteiger partial charge >= 0.3 is 0 Å². The summed E-state index contributed by atoms with van der Waals surface area (Å²) in [4.78, 5) is 11.7. The average Bonchev–Trinajstić information content (AvgIpc) is 2.81.